The molecule has 1 saturated heterocycles. The van der Waals surface area contributed by atoms with Crippen molar-refractivity contribution in [3.63, 3.8) is 0 Å². The number of rotatable bonds is 2. The lowest BCUT2D eigenvalue weighted by Crippen LogP contribution is -2.45. The maximum absolute atomic E-state index is 13.3. The second-order valence-electron chi connectivity index (χ2n) is 4.60. The largest absolute Gasteiger partial charge is 0.348 e. The zero-order valence-electron chi connectivity index (χ0n) is 10.2. The summed E-state index contributed by atoms with van der Waals surface area (Å²) in [4.78, 5) is 12.1. The fourth-order valence-electron chi connectivity index (χ4n) is 2.07. The Hall–Kier alpha value is -1.13. The van der Waals surface area contributed by atoms with E-state index in [1.807, 2.05) is 0 Å². The smallest absolute Gasteiger partial charge is 0.253 e. The molecule has 3 nitrogen and oxygen atoms in total. The topological polar surface area (TPSA) is 41.1 Å². The van der Waals surface area contributed by atoms with Gasteiger partial charge in [-0.2, -0.15) is 0 Å². The molecule has 1 fully saturated rings. The molecule has 98 valence electrons. The van der Waals surface area contributed by atoms with Crippen molar-refractivity contribution in [3.05, 3.63) is 34.1 Å². The van der Waals surface area contributed by atoms with E-state index in [1.165, 1.54) is 12.1 Å². The van der Waals surface area contributed by atoms with Crippen LogP contribution in [0.25, 0.3) is 0 Å². The molecule has 0 radical (unpaired) electrons. The van der Waals surface area contributed by atoms with Crippen molar-refractivity contribution in [2.75, 3.05) is 13.1 Å². The van der Waals surface area contributed by atoms with Gasteiger partial charge in [0.05, 0.1) is 10.6 Å². The number of carbonyl (C=O) groups is 1. The van der Waals surface area contributed by atoms with E-state index in [0.29, 0.717) is 11.1 Å². The van der Waals surface area contributed by atoms with Gasteiger partial charge < -0.3 is 10.6 Å². The molecule has 0 aromatic heterocycles. The summed E-state index contributed by atoms with van der Waals surface area (Å²) in [5.41, 5.74) is 0.757. The molecule has 0 aliphatic carbocycles. The standard InChI is InChI=1S/C13H16ClFN2O/c1-8-5-10(11(14)6-12(8)15)13(18)17-9-3-2-4-16-7-9/h5-6,9,16H,2-4,7H2,1H3,(H,17,18)/t9-/m0/s1. The van der Waals surface area contributed by atoms with Crippen LogP contribution in [0.15, 0.2) is 12.1 Å². The summed E-state index contributed by atoms with van der Waals surface area (Å²) < 4.78 is 13.3. The predicted octanol–water partition coefficient (Wildman–Crippen LogP) is 2.27. The zero-order chi connectivity index (χ0) is 13.1. The molecule has 2 N–H and O–H groups in total. The Balaban J connectivity index is 2.10. The molecule has 18 heavy (non-hydrogen) atoms. The Morgan fingerprint density at radius 1 is 1.56 bits per heavy atom. The lowest BCUT2D eigenvalue weighted by Gasteiger charge is -2.24. The van der Waals surface area contributed by atoms with E-state index in [4.69, 9.17) is 11.6 Å². The second-order valence-corrected chi connectivity index (χ2v) is 5.01. The summed E-state index contributed by atoms with van der Waals surface area (Å²) in [6.45, 7) is 3.37. The number of hydrogen-bond acceptors (Lipinski definition) is 2. The minimum Gasteiger partial charge on any atom is -0.348 e. The third-order valence-electron chi connectivity index (χ3n) is 3.13. The van der Waals surface area contributed by atoms with Gasteiger partial charge in [-0.15, -0.1) is 0 Å². The zero-order valence-corrected chi connectivity index (χ0v) is 11.0. The number of nitrogens with one attached hydrogen (secondary N) is 2. The van der Waals surface area contributed by atoms with Gasteiger partial charge in [0, 0.05) is 12.6 Å². The normalized spacial score (nSPS) is 19.6. The van der Waals surface area contributed by atoms with Crippen LogP contribution in [-0.4, -0.2) is 25.0 Å². The molecule has 0 saturated carbocycles. The van der Waals surface area contributed by atoms with Crippen LogP contribution in [0.1, 0.15) is 28.8 Å². The highest BCUT2D eigenvalue weighted by molar-refractivity contribution is 6.33. The van der Waals surface area contributed by atoms with Crippen LogP contribution in [0.2, 0.25) is 5.02 Å². The number of amides is 1. The van der Waals surface area contributed by atoms with Crippen molar-refractivity contribution in [1.29, 1.82) is 0 Å². The van der Waals surface area contributed by atoms with E-state index < -0.39 is 5.82 Å². The highest BCUT2D eigenvalue weighted by Crippen LogP contribution is 2.20. The predicted molar refractivity (Wildman–Crippen MR) is 69.5 cm³/mol. The number of hydrogen-bond donors (Lipinski definition) is 2. The van der Waals surface area contributed by atoms with E-state index >= 15 is 0 Å². The summed E-state index contributed by atoms with van der Waals surface area (Å²) in [7, 11) is 0. The molecule has 1 heterocycles. The van der Waals surface area contributed by atoms with Gasteiger partial charge in [0.25, 0.3) is 5.91 Å². The van der Waals surface area contributed by atoms with Crippen molar-refractivity contribution >= 4 is 17.5 Å². The van der Waals surface area contributed by atoms with Gasteiger partial charge >= 0.3 is 0 Å². The third-order valence-corrected chi connectivity index (χ3v) is 3.44. The highest BCUT2D eigenvalue weighted by atomic mass is 35.5. The van der Waals surface area contributed by atoms with Gasteiger partial charge in [-0.1, -0.05) is 11.6 Å². The average molecular weight is 271 g/mol. The van der Waals surface area contributed by atoms with Gasteiger partial charge in [0.15, 0.2) is 0 Å². The lowest BCUT2D eigenvalue weighted by atomic mass is 10.1. The van der Waals surface area contributed by atoms with Crippen molar-refractivity contribution in [2.24, 2.45) is 0 Å². The highest BCUT2D eigenvalue weighted by Gasteiger charge is 2.18. The Morgan fingerprint density at radius 3 is 3.00 bits per heavy atom. The molecule has 5 heteroatoms. The van der Waals surface area contributed by atoms with Crippen LogP contribution < -0.4 is 10.6 Å². The summed E-state index contributed by atoms with van der Waals surface area (Å²) in [5.74, 6) is -0.632. The maximum Gasteiger partial charge on any atom is 0.253 e. The molecule has 0 bridgehead atoms. The average Bonchev–Trinajstić information content (AvgIpc) is 2.35. The minimum absolute atomic E-state index is 0.118. The lowest BCUT2D eigenvalue weighted by molar-refractivity contribution is 0.0930. The molecule has 1 aliphatic heterocycles. The number of aryl methyl sites for hydroxylation is 1. The fourth-order valence-corrected chi connectivity index (χ4v) is 2.31. The molecular formula is C13H16ClFN2O. The molecule has 1 atom stereocenters. The Labute approximate surface area is 111 Å². The number of carbonyl (C=O) groups excluding carboxylic acids is 1. The molecule has 1 aliphatic rings. The maximum atomic E-state index is 13.3. The van der Waals surface area contributed by atoms with Crippen molar-refractivity contribution in [2.45, 2.75) is 25.8 Å². The molecule has 1 aromatic rings. The van der Waals surface area contributed by atoms with Gasteiger partial charge in [0.2, 0.25) is 0 Å². The first kappa shape index (κ1) is 13.3. The molecule has 2 rings (SSSR count). The van der Waals surface area contributed by atoms with Crippen molar-refractivity contribution in [3.8, 4) is 0 Å². The van der Waals surface area contributed by atoms with Crippen LogP contribution >= 0.6 is 11.6 Å². The van der Waals surface area contributed by atoms with E-state index in [-0.39, 0.29) is 17.0 Å². The van der Waals surface area contributed by atoms with Crippen LogP contribution in [0, 0.1) is 12.7 Å². The molecule has 0 unspecified atom stereocenters. The number of halogens is 2. The Bertz CT molecular complexity index is 459. The first-order valence-corrected chi connectivity index (χ1v) is 6.43. The number of piperidine rings is 1. The summed E-state index contributed by atoms with van der Waals surface area (Å²) in [6, 6.07) is 2.79. The SMILES string of the molecule is Cc1cc(C(=O)N[C@H]2CCCNC2)c(Cl)cc1F. The van der Waals surface area contributed by atoms with Crippen LogP contribution in [0.5, 0.6) is 0 Å². The summed E-state index contributed by atoms with van der Waals surface area (Å²) in [6.07, 6.45) is 2.00. The van der Waals surface area contributed by atoms with Gasteiger partial charge in [0.1, 0.15) is 5.82 Å². The van der Waals surface area contributed by atoms with Gasteiger partial charge in [-0.3, -0.25) is 4.79 Å². The molecular weight excluding hydrogens is 255 g/mol. The first-order valence-electron chi connectivity index (χ1n) is 6.05. The van der Waals surface area contributed by atoms with E-state index in [0.717, 1.165) is 25.9 Å². The quantitative estimate of drug-likeness (QED) is 0.866. The molecule has 1 amide bonds. The van der Waals surface area contributed by atoms with E-state index in [9.17, 15) is 9.18 Å². The second kappa shape index (κ2) is 5.67. The van der Waals surface area contributed by atoms with Gasteiger partial charge in [-0.25, -0.2) is 4.39 Å². The molecule has 1 aromatic carbocycles. The Morgan fingerprint density at radius 2 is 2.33 bits per heavy atom. The van der Waals surface area contributed by atoms with Crippen molar-refractivity contribution < 1.29 is 9.18 Å². The summed E-state index contributed by atoms with van der Waals surface area (Å²) >= 11 is 5.90. The third kappa shape index (κ3) is 3.00. The van der Waals surface area contributed by atoms with Crippen LogP contribution in [-0.2, 0) is 0 Å². The van der Waals surface area contributed by atoms with Crippen LogP contribution in [0.3, 0.4) is 0 Å². The van der Waals surface area contributed by atoms with E-state index in [1.54, 1.807) is 6.92 Å². The monoisotopic (exact) mass is 270 g/mol. The van der Waals surface area contributed by atoms with Gasteiger partial charge in [-0.05, 0) is 44.0 Å². The number of benzene rings is 1. The minimum atomic E-state index is -0.393. The van der Waals surface area contributed by atoms with E-state index in [2.05, 4.69) is 10.6 Å². The Kier molecular flexibility index (Phi) is 4.19. The summed E-state index contributed by atoms with van der Waals surface area (Å²) in [5, 5.41) is 6.29. The van der Waals surface area contributed by atoms with Crippen molar-refractivity contribution in [1.82, 2.24) is 10.6 Å². The van der Waals surface area contributed by atoms with Crippen LogP contribution in [0.4, 0.5) is 4.39 Å². The fraction of sp³-hybridized carbons (Fsp3) is 0.462. The molecule has 0 spiro atoms. The first-order chi connectivity index (χ1) is 8.58.